The third kappa shape index (κ3) is 3.83. The zero-order valence-electron chi connectivity index (χ0n) is 11.6. The highest BCUT2D eigenvalue weighted by Crippen LogP contribution is 2.12. The number of hydrogen-bond donors (Lipinski definition) is 1. The first kappa shape index (κ1) is 13.6. The van der Waals surface area contributed by atoms with Crippen molar-refractivity contribution in [1.29, 1.82) is 0 Å². The highest BCUT2D eigenvalue weighted by Gasteiger charge is 2.01. The monoisotopic (exact) mass is 259 g/mol. The van der Waals surface area contributed by atoms with Gasteiger partial charge in [-0.1, -0.05) is 19.1 Å². The van der Waals surface area contributed by atoms with Crippen LogP contribution in [0.2, 0.25) is 0 Å². The summed E-state index contributed by atoms with van der Waals surface area (Å²) < 4.78 is 7.41. The molecule has 0 fully saturated rings. The molecule has 0 unspecified atom stereocenters. The summed E-state index contributed by atoms with van der Waals surface area (Å²) in [5.41, 5.74) is 2.45. The number of nitrogens with zero attached hydrogens (tertiary/aromatic N) is 2. The molecule has 19 heavy (non-hydrogen) atoms. The molecule has 1 aromatic carbocycles. The van der Waals surface area contributed by atoms with Crippen LogP contribution in [0.4, 0.5) is 0 Å². The van der Waals surface area contributed by atoms with Gasteiger partial charge >= 0.3 is 0 Å². The first-order valence-electron chi connectivity index (χ1n) is 6.66. The zero-order valence-corrected chi connectivity index (χ0v) is 11.6. The van der Waals surface area contributed by atoms with Crippen LogP contribution in [0.1, 0.15) is 24.6 Å². The maximum Gasteiger partial charge on any atom is 0.119 e. The molecule has 2 rings (SSSR count). The molecule has 4 nitrogen and oxygen atoms in total. The van der Waals surface area contributed by atoms with Gasteiger partial charge in [-0.25, -0.2) is 4.98 Å². The van der Waals surface area contributed by atoms with Crippen molar-refractivity contribution in [3.8, 4) is 5.75 Å². The lowest BCUT2D eigenvalue weighted by molar-refractivity contribution is 0.414. The Balaban J connectivity index is 1.87. The molecule has 102 valence electrons. The van der Waals surface area contributed by atoms with Crippen molar-refractivity contribution in [3.05, 3.63) is 48.0 Å². The van der Waals surface area contributed by atoms with E-state index in [1.54, 1.807) is 7.11 Å². The molecule has 4 heteroatoms. The fourth-order valence-corrected chi connectivity index (χ4v) is 2.05. The Morgan fingerprint density at radius 1 is 1.32 bits per heavy atom. The molecule has 0 atom stereocenters. The second-order valence-electron chi connectivity index (χ2n) is 4.53. The zero-order chi connectivity index (χ0) is 13.5. The predicted octanol–water partition coefficient (Wildman–Crippen LogP) is 2.59. The van der Waals surface area contributed by atoms with E-state index >= 15 is 0 Å². The van der Waals surface area contributed by atoms with Crippen molar-refractivity contribution in [3.63, 3.8) is 0 Å². The summed E-state index contributed by atoms with van der Waals surface area (Å²) in [7, 11) is 1.69. The topological polar surface area (TPSA) is 39.1 Å². The minimum Gasteiger partial charge on any atom is -0.497 e. The van der Waals surface area contributed by atoms with E-state index in [2.05, 4.69) is 33.9 Å². The third-order valence-electron chi connectivity index (χ3n) is 3.03. The van der Waals surface area contributed by atoms with Crippen LogP contribution in [0.25, 0.3) is 0 Å². The van der Waals surface area contributed by atoms with E-state index in [0.29, 0.717) is 0 Å². The van der Waals surface area contributed by atoms with E-state index in [1.807, 2.05) is 24.7 Å². The van der Waals surface area contributed by atoms with E-state index < -0.39 is 0 Å². The molecular formula is C15H21N3O. The summed E-state index contributed by atoms with van der Waals surface area (Å²) >= 11 is 0. The largest absolute Gasteiger partial charge is 0.497 e. The fourth-order valence-electron chi connectivity index (χ4n) is 2.05. The van der Waals surface area contributed by atoms with Gasteiger partial charge in [0.05, 0.1) is 19.1 Å². The minimum absolute atomic E-state index is 0.828. The highest BCUT2D eigenvalue weighted by molar-refractivity contribution is 5.28. The lowest BCUT2D eigenvalue weighted by Gasteiger charge is -2.09. The van der Waals surface area contributed by atoms with Gasteiger partial charge in [-0.2, -0.15) is 0 Å². The molecule has 0 radical (unpaired) electrons. The van der Waals surface area contributed by atoms with Gasteiger partial charge in [-0.05, 0) is 24.1 Å². The molecule has 0 aliphatic carbocycles. The number of rotatable bonds is 7. The molecule has 1 N–H and O–H groups in total. The Morgan fingerprint density at radius 3 is 3.00 bits per heavy atom. The van der Waals surface area contributed by atoms with E-state index in [9.17, 15) is 0 Å². The standard InChI is InChI=1S/C15H21N3O/c1-3-7-18-12-17-11-14(18)10-16-9-13-5-4-6-15(8-13)19-2/h4-6,8,11-12,16H,3,7,9-10H2,1-2H3. The highest BCUT2D eigenvalue weighted by atomic mass is 16.5. The lowest BCUT2D eigenvalue weighted by Crippen LogP contribution is -2.15. The summed E-state index contributed by atoms with van der Waals surface area (Å²) in [6.45, 7) is 4.86. The minimum atomic E-state index is 0.828. The smallest absolute Gasteiger partial charge is 0.119 e. The van der Waals surface area contributed by atoms with Gasteiger partial charge < -0.3 is 14.6 Å². The Labute approximate surface area is 114 Å². The molecule has 1 heterocycles. The van der Waals surface area contributed by atoms with Crippen LogP contribution >= 0.6 is 0 Å². The van der Waals surface area contributed by atoms with Crippen LogP contribution in [0, 0.1) is 0 Å². The van der Waals surface area contributed by atoms with Crippen molar-refractivity contribution < 1.29 is 4.74 Å². The normalized spacial score (nSPS) is 10.6. The van der Waals surface area contributed by atoms with Crippen LogP contribution in [-0.2, 0) is 19.6 Å². The van der Waals surface area contributed by atoms with E-state index in [-0.39, 0.29) is 0 Å². The van der Waals surface area contributed by atoms with Gasteiger partial charge in [0.2, 0.25) is 0 Å². The van der Waals surface area contributed by atoms with Crippen molar-refractivity contribution >= 4 is 0 Å². The molecular weight excluding hydrogens is 238 g/mol. The second-order valence-corrected chi connectivity index (χ2v) is 4.53. The van der Waals surface area contributed by atoms with E-state index in [1.165, 1.54) is 11.3 Å². The number of ether oxygens (including phenoxy) is 1. The maximum atomic E-state index is 5.22. The maximum absolute atomic E-state index is 5.22. The van der Waals surface area contributed by atoms with Crippen LogP contribution in [-0.4, -0.2) is 16.7 Å². The molecule has 1 aromatic heterocycles. The summed E-state index contributed by atoms with van der Waals surface area (Å²) in [5, 5.41) is 3.44. The number of nitrogens with one attached hydrogen (secondary N) is 1. The Morgan fingerprint density at radius 2 is 2.21 bits per heavy atom. The molecule has 0 amide bonds. The fraction of sp³-hybridized carbons (Fsp3) is 0.400. The molecule has 0 bridgehead atoms. The first-order valence-corrected chi connectivity index (χ1v) is 6.66. The van der Waals surface area contributed by atoms with Gasteiger partial charge in [-0.15, -0.1) is 0 Å². The Kier molecular flexibility index (Phi) is 4.98. The summed E-state index contributed by atoms with van der Waals surface area (Å²) in [4.78, 5) is 4.20. The predicted molar refractivity (Wildman–Crippen MR) is 76.1 cm³/mol. The van der Waals surface area contributed by atoms with Gasteiger partial charge in [0, 0.05) is 25.8 Å². The third-order valence-corrected chi connectivity index (χ3v) is 3.03. The van der Waals surface area contributed by atoms with Crippen LogP contribution in [0.15, 0.2) is 36.8 Å². The number of imidazole rings is 1. The van der Waals surface area contributed by atoms with Gasteiger partial charge in [0.15, 0.2) is 0 Å². The van der Waals surface area contributed by atoms with Crippen LogP contribution in [0.3, 0.4) is 0 Å². The molecule has 0 saturated carbocycles. The number of hydrogen-bond acceptors (Lipinski definition) is 3. The van der Waals surface area contributed by atoms with Crippen molar-refractivity contribution in [2.45, 2.75) is 33.0 Å². The van der Waals surface area contributed by atoms with Crippen molar-refractivity contribution in [2.75, 3.05) is 7.11 Å². The molecule has 2 aromatic rings. The van der Waals surface area contributed by atoms with Gasteiger partial charge in [0.25, 0.3) is 0 Å². The molecule has 0 spiro atoms. The van der Waals surface area contributed by atoms with Crippen LogP contribution < -0.4 is 10.1 Å². The number of benzene rings is 1. The Bertz CT molecular complexity index is 508. The van der Waals surface area contributed by atoms with Crippen LogP contribution in [0.5, 0.6) is 5.75 Å². The Hall–Kier alpha value is -1.81. The summed E-state index contributed by atoms with van der Waals surface area (Å²) in [6.07, 6.45) is 4.94. The lowest BCUT2D eigenvalue weighted by atomic mass is 10.2. The SMILES string of the molecule is CCCn1cncc1CNCc1cccc(OC)c1. The average molecular weight is 259 g/mol. The number of aromatic nitrogens is 2. The molecule has 0 aliphatic rings. The number of methoxy groups -OCH3 is 1. The quantitative estimate of drug-likeness (QED) is 0.830. The van der Waals surface area contributed by atoms with Gasteiger partial charge in [0.1, 0.15) is 5.75 Å². The second kappa shape index (κ2) is 6.95. The molecule has 0 aliphatic heterocycles. The van der Waals surface area contributed by atoms with Crippen molar-refractivity contribution in [1.82, 2.24) is 14.9 Å². The van der Waals surface area contributed by atoms with E-state index in [4.69, 9.17) is 4.74 Å². The average Bonchev–Trinajstić information content (AvgIpc) is 2.87. The van der Waals surface area contributed by atoms with Gasteiger partial charge in [-0.3, -0.25) is 0 Å². The number of aryl methyl sites for hydroxylation is 1. The summed E-state index contributed by atoms with van der Waals surface area (Å²) in [5.74, 6) is 0.898. The molecule has 0 saturated heterocycles. The first-order chi connectivity index (χ1) is 9.33. The summed E-state index contributed by atoms with van der Waals surface area (Å²) in [6, 6.07) is 8.12. The van der Waals surface area contributed by atoms with Crippen molar-refractivity contribution in [2.24, 2.45) is 0 Å². The van der Waals surface area contributed by atoms with E-state index in [0.717, 1.165) is 31.8 Å².